The Labute approximate surface area is 911 Å². The Morgan fingerprint density at radius 2 is 0.571 bits per heavy atom. The monoisotopic (exact) mass is 2170 g/mol. The minimum absolute atomic E-state index is 0.185. The number of aromatic nitrogens is 16. The van der Waals surface area contributed by atoms with Gasteiger partial charge < -0.3 is 4.90 Å². The molecule has 16 aromatic rings. The molecule has 0 saturated heterocycles. The predicted molar refractivity (Wildman–Crippen MR) is 611 cm³/mol. The fourth-order valence-electron chi connectivity index (χ4n) is 19.9. The quantitative estimate of drug-likeness (QED) is 0.0573. The van der Waals surface area contributed by atoms with E-state index in [1.807, 2.05) is 145 Å². The lowest BCUT2D eigenvalue weighted by Crippen LogP contribution is -2.28. The van der Waals surface area contributed by atoms with Gasteiger partial charge in [0, 0.05) is 136 Å². The molecule has 11 aromatic heterocycles. The van der Waals surface area contributed by atoms with Gasteiger partial charge in [0.25, 0.3) is 0 Å². The molecule has 23 nitrogen and oxygen atoms in total. The summed E-state index contributed by atoms with van der Waals surface area (Å²) in [7, 11) is 4.21. The fraction of sp³-hybridized carbons (Fsp3) is 0.389. The number of fused-ring (bicyclic) bond motifs is 15. The van der Waals surface area contributed by atoms with E-state index in [0.717, 1.165) is 219 Å². The Morgan fingerprint density at radius 3 is 0.830 bits per heavy atom. The number of rotatable bonds is 22. The summed E-state index contributed by atoms with van der Waals surface area (Å²) in [6.07, 6.45) is 13.6. The molecule has 0 saturated carbocycles. The summed E-state index contributed by atoms with van der Waals surface area (Å²) >= 11 is 41.3. The SMILES string of the molecule is CCCC(=O)CC1(C)N=C(c2ccc(Cl)cc2)c2c(sc(C)c2C)-n2c(C)nnc21.CCCCC1(C)N=C(c2ccc(Cl)cc2)c2c(sc(C)c2C)-n2c(C)nnc21.CCCCCC1(C)N=C(c2ccc(Cl)cc2)c2c(sc(C)c2C)-n2c(C)nnc21.Cc1sc2c(c1C)C(c1ccc(Cl)cc1)=NC(C)(CCCN(C)C)c1nnc(C)n1-2.Cc1sc2c(c1C)C(c1ccc(Cl)cc1)=NC(C)(Cc1nccs1)c1nnc(C)n1-2. The zero-order valence-electron chi connectivity index (χ0n) is 88.2. The molecule has 5 aliphatic heterocycles. The van der Waals surface area contributed by atoms with Gasteiger partial charge in [-0.05, 0) is 280 Å². The van der Waals surface area contributed by atoms with Gasteiger partial charge in [-0.25, -0.2) is 4.98 Å². The second kappa shape index (κ2) is 43.7. The van der Waals surface area contributed by atoms with Crippen molar-refractivity contribution in [3.63, 3.8) is 0 Å². The summed E-state index contributed by atoms with van der Waals surface area (Å²) in [6, 6.07) is 39.7. The Kier molecular flexibility index (Phi) is 32.0. The van der Waals surface area contributed by atoms with E-state index in [-0.39, 0.29) is 5.78 Å². The number of unbranched alkanes of at least 4 members (excludes halogenated alkanes) is 3. The minimum atomic E-state index is -0.804. The minimum Gasteiger partial charge on any atom is -0.309 e. The highest BCUT2D eigenvalue weighted by Crippen LogP contribution is 2.51. The molecule has 0 N–H and O–H groups in total. The Balaban J connectivity index is 0.000000126. The average molecular weight is 2180 g/mol. The van der Waals surface area contributed by atoms with E-state index < -0.39 is 27.7 Å². The molecule has 0 radical (unpaired) electrons. The number of thiazole rings is 1. The van der Waals surface area contributed by atoms with Gasteiger partial charge in [0.1, 0.15) is 87.6 Å². The van der Waals surface area contributed by atoms with Crippen LogP contribution in [-0.4, -0.2) is 139 Å². The highest BCUT2D eigenvalue weighted by atomic mass is 35.5. The number of benzene rings is 5. The highest BCUT2D eigenvalue weighted by Gasteiger charge is 2.46. The van der Waals surface area contributed by atoms with Gasteiger partial charge in [0.2, 0.25) is 0 Å². The van der Waals surface area contributed by atoms with E-state index in [4.69, 9.17) is 83.0 Å². The van der Waals surface area contributed by atoms with E-state index in [1.54, 1.807) is 68.0 Å². The maximum atomic E-state index is 12.7. The Morgan fingerprint density at radius 1 is 0.320 bits per heavy atom. The summed E-state index contributed by atoms with van der Waals surface area (Å²) in [4.78, 5) is 52.6. The fourth-order valence-corrected chi connectivity index (χ4v) is 27.4. The molecule has 5 atom stereocenters. The second-order valence-corrected chi connectivity index (χ2v) is 49.3. The molecule has 0 amide bonds. The highest BCUT2D eigenvalue weighted by molar-refractivity contribution is 7.16. The van der Waals surface area contributed by atoms with Crippen LogP contribution in [0.3, 0.4) is 0 Å². The number of aliphatic imine (C=N–C) groups is 5. The van der Waals surface area contributed by atoms with Gasteiger partial charge in [-0.2, -0.15) is 0 Å². The van der Waals surface area contributed by atoms with Crippen LogP contribution in [0, 0.1) is 104 Å². The lowest BCUT2D eigenvalue weighted by molar-refractivity contribution is -0.120. The van der Waals surface area contributed by atoms with Crippen LogP contribution in [0.2, 0.25) is 25.1 Å². The van der Waals surface area contributed by atoms with Crippen LogP contribution in [0.5, 0.6) is 0 Å². The molecule has 21 rings (SSSR count). The van der Waals surface area contributed by atoms with Crippen molar-refractivity contribution < 1.29 is 4.79 Å². The van der Waals surface area contributed by atoms with Crippen molar-refractivity contribution >= 4 is 160 Å². The summed E-state index contributed by atoms with van der Waals surface area (Å²) in [5.41, 5.74) is 19.5. The number of thiophene rings is 5. The number of carbonyl (C=O) groups is 1. The molecule has 0 spiro atoms. The maximum Gasteiger partial charge on any atom is 0.166 e. The Hall–Kier alpha value is -10.6. The van der Waals surface area contributed by atoms with E-state index in [0.29, 0.717) is 29.3 Å². The first-order chi connectivity index (χ1) is 70.0. The van der Waals surface area contributed by atoms with Gasteiger partial charge in [-0.15, -0.1) is 119 Å². The number of Topliss-reactive ketones (excluding diaryl/α,β-unsaturated/α-hetero) is 1. The van der Waals surface area contributed by atoms with Gasteiger partial charge in [-0.1, -0.05) is 172 Å². The number of nitrogens with zero attached hydrogens (tertiary/aromatic N) is 22. The molecule has 5 aromatic carbocycles. The van der Waals surface area contributed by atoms with Gasteiger partial charge in [-0.3, -0.25) is 52.6 Å². The van der Waals surface area contributed by atoms with Crippen molar-refractivity contribution in [2.75, 3.05) is 20.6 Å². The summed E-state index contributed by atoms with van der Waals surface area (Å²) in [5.74, 6) is 8.94. The zero-order valence-corrected chi connectivity index (χ0v) is 96.9. The number of carbonyl (C=O) groups excluding carboxylic acids is 1. The predicted octanol–water partition coefficient (Wildman–Crippen LogP) is 29.4. The first kappa shape index (κ1) is 108. The zero-order chi connectivity index (χ0) is 105. The third kappa shape index (κ3) is 21.2. The van der Waals surface area contributed by atoms with Crippen molar-refractivity contribution in [3.8, 4) is 25.0 Å². The standard InChI is InChI=1S/C23H28ClN5S.C23H25ClN4OS.C23H27ClN4S.C22H20ClN5S2.C22H25ClN4S/c1-14-15(2)30-21-19(14)20(17-8-10-18(24)11-9-17)25-23(4,12-7-13-28(5)6)22-27-26-16(3)29(21)22;1-6-7-18(29)12-23(5)22-27-26-15(4)28(22)21-19(13(2)14(3)30-21)20(25-23)16-8-10-17(24)11-9-16;1-6-7-8-13-23(5)22-27-26-16(4)28(22)21-19(14(2)15(3)29-21)20(25-23)17-9-11-18(24)12-10-17;1-12-13(2)30-20-18(12)19(15-5-7-16(23)8-6-15)25-22(4,11-17-24-9-10-29-17)21-27-26-14(3)28(20)21;1-6-7-12-22(5)21-26-25-15(4)27(21)20-18(13(2)14(3)28-20)19(24-22)16-8-10-17(23)11-9-16/h8-11H,7,12-13H2,1-6H3;8-11H,6-7,12H2,1-5H3;9-12H,6-8,13H2,1-5H3;5-10H,11H2,1-4H3;8-11H,6-7,12H2,1-5H3. The van der Waals surface area contributed by atoms with Crippen molar-refractivity contribution in [3.05, 3.63) is 329 Å². The number of ketones is 1. The van der Waals surface area contributed by atoms with E-state index in [2.05, 4.69) is 245 Å². The van der Waals surface area contributed by atoms with Crippen molar-refractivity contribution in [1.82, 2.24) is 83.7 Å². The lowest BCUT2D eigenvalue weighted by Gasteiger charge is -2.25. The molecule has 764 valence electrons. The summed E-state index contributed by atoms with van der Waals surface area (Å²) < 4.78 is 11.0. The molecule has 0 bridgehead atoms. The first-order valence-electron chi connectivity index (χ1n) is 50.0. The molecule has 0 fully saturated rings. The smallest absolute Gasteiger partial charge is 0.166 e. The topological polar surface area (TPSA) is 249 Å². The van der Waals surface area contributed by atoms with E-state index in [9.17, 15) is 4.79 Å². The van der Waals surface area contributed by atoms with Crippen LogP contribution in [0.1, 0.15) is 304 Å². The second-order valence-electron chi connectivity index (χ2n) is 40.1. The van der Waals surface area contributed by atoms with E-state index >= 15 is 0 Å². The van der Waals surface area contributed by atoms with Crippen LogP contribution in [-0.2, 0) is 38.9 Å². The van der Waals surface area contributed by atoms with Crippen molar-refractivity contribution in [2.45, 2.75) is 270 Å². The molecule has 34 heteroatoms. The third-order valence-corrected chi connectivity index (χ3v) is 36.6. The molecule has 16 heterocycles. The van der Waals surface area contributed by atoms with Crippen LogP contribution in [0.15, 0.2) is 158 Å². The molecule has 5 unspecified atom stereocenters. The first-order valence-corrected chi connectivity index (χ1v) is 56.9. The van der Waals surface area contributed by atoms with Gasteiger partial charge in [0.05, 0.1) is 33.6 Å². The molecule has 147 heavy (non-hydrogen) atoms. The Bertz CT molecular complexity index is 7780. The maximum absolute atomic E-state index is 12.7. The number of hydrogen-bond donors (Lipinski definition) is 0. The molecule has 5 aliphatic rings. The average Bonchev–Trinajstić information content (AvgIpc) is 1.42. The molecular weight excluding hydrogens is 2050 g/mol. The number of aryl methyl sites for hydroxylation is 10. The van der Waals surface area contributed by atoms with Crippen LogP contribution >= 0.6 is 126 Å². The summed E-state index contributed by atoms with van der Waals surface area (Å²) in [5, 5.41) is 57.3. The normalized spacial score (nSPS) is 18.1. The van der Waals surface area contributed by atoms with Crippen LogP contribution < -0.4 is 0 Å². The van der Waals surface area contributed by atoms with Crippen molar-refractivity contribution in [1.29, 1.82) is 0 Å². The lowest BCUT2D eigenvalue weighted by atomic mass is 9.92. The third-order valence-electron chi connectivity index (χ3n) is 28.5. The summed E-state index contributed by atoms with van der Waals surface area (Å²) in [6.45, 7) is 49.9. The van der Waals surface area contributed by atoms with Gasteiger partial charge in [0.15, 0.2) is 29.1 Å². The largest absolute Gasteiger partial charge is 0.309 e. The number of halogens is 5. The molecular formula is C113H125Cl5N22OS6. The van der Waals surface area contributed by atoms with Crippen LogP contribution in [0.25, 0.3) is 25.0 Å². The van der Waals surface area contributed by atoms with E-state index in [1.165, 1.54) is 91.7 Å². The van der Waals surface area contributed by atoms with Gasteiger partial charge >= 0.3 is 0 Å². The van der Waals surface area contributed by atoms with Crippen LogP contribution in [0.4, 0.5) is 0 Å². The van der Waals surface area contributed by atoms with Crippen molar-refractivity contribution in [2.24, 2.45) is 25.0 Å². The molecule has 0 aliphatic carbocycles. The number of hydrogen-bond acceptors (Lipinski definition) is 24.